The Hall–Kier alpha value is -3.22. The number of halogens is 3. The van der Waals surface area contributed by atoms with E-state index in [2.05, 4.69) is 20.9 Å². The van der Waals surface area contributed by atoms with Crippen molar-refractivity contribution >= 4 is 30.3 Å². The van der Waals surface area contributed by atoms with Crippen molar-refractivity contribution in [1.29, 1.82) is 0 Å². The van der Waals surface area contributed by atoms with E-state index in [1.165, 1.54) is 25.0 Å². The third-order valence-electron chi connectivity index (χ3n) is 5.57. The lowest BCUT2D eigenvalue weighted by Crippen LogP contribution is -2.48. The van der Waals surface area contributed by atoms with E-state index in [-0.39, 0.29) is 29.3 Å². The summed E-state index contributed by atoms with van der Waals surface area (Å²) in [5, 5.41) is 13.2. The maximum atomic E-state index is 12.9. The van der Waals surface area contributed by atoms with E-state index in [4.69, 9.17) is 0 Å². The first-order valence-corrected chi connectivity index (χ1v) is 12.0. The first-order valence-electron chi connectivity index (χ1n) is 12.0. The molecular formula is C24H36BF3N6O3. The van der Waals surface area contributed by atoms with Gasteiger partial charge in [0.15, 0.2) is 5.78 Å². The van der Waals surface area contributed by atoms with Gasteiger partial charge in [0.05, 0.1) is 33.3 Å². The molecule has 0 aliphatic carbocycles. The summed E-state index contributed by atoms with van der Waals surface area (Å²) >= 11 is 0. The number of carbonyl (C=O) groups is 3. The molecule has 9 nitrogen and oxygen atoms in total. The lowest BCUT2D eigenvalue weighted by atomic mass is 9.86. The quantitative estimate of drug-likeness (QED) is 0.266. The second kappa shape index (κ2) is 11.4. The highest BCUT2D eigenvalue weighted by atomic mass is 19.4. The predicted octanol–water partition coefficient (Wildman–Crippen LogP) is 3.42. The molecule has 13 heteroatoms. The van der Waals surface area contributed by atoms with Gasteiger partial charge in [0, 0.05) is 16.7 Å². The first-order chi connectivity index (χ1) is 16.9. The number of anilines is 1. The number of ketones is 1. The molecule has 0 radical (unpaired) electrons. The Morgan fingerprint density at radius 3 is 2.19 bits per heavy atom. The molecule has 37 heavy (non-hydrogen) atoms. The zero-order valence-corrected chi connectivity index (χ0v) is 22.4. The monoisotopic (exact) mass is 524 g/mol. The summed E-state index contributed by atoms with van der Waals surface area (Å²) < 4.78 is 39.6. The molecule has 2 N–H and O–H groups in total. The zero-order chi connectivity index (χ0) is 28.2. The fraction of sp³-hybridized carbons (Fsp3) is 0.542. The van der Waals surface area contributed by atoms with Crippen LogP contribution in [0, 0.1) is 11.3 Å². The van der Waals surface area contributed by atoms with Crippen LogP contribution in [-0.2, 0) is 16.1 Å². The van der Waals surface area contributed by atoms with Crippen molar-refractivity contribution in [2.45, 2.75) is 47.2 Å². The normalized spacial score (nSPS) is 13.4. The third kappa shape index (κ3) is 9.31. The summed E-state index contributed by atoms with van der Waals surface area (Å²) in [6, 6.07) is 5.70. The topological polar surface area (TPSA) is 106 Å². The van der Waals surface area contributed by atoms with E-state index < -0.39 is 36.7 Å². The number of hydrogen-bond acceptors (Lipinski definition) is 5. The molecule has 0 bridgehead atoms. The number of nitrogens with one attached hydrogen (secondary N) is 2. The van der Waals surface area contributed by atoms with E-state index >= 15 is 0 Å². The van der Waals surface area contributed by atoms with Crippen LogP contribution in [0.15, 0.2) is 30.5 Å². The van der Waals surface area contributed by atoms with Crippen LogP contribution in [0.1, 0.15) is 56.7 Å². The number of rotatable bonds is 11. The molecule has 0 aliphatic heterocycles. The van der Waals surface area contributed by atoms with Gasteiger partial charge in [-0.1, -0.05) is 39.8 Å². The molecule has 2 aromatic rings. The van der Waals surface area contributed by atoms with Gasteiger partial charge in [0.2, 0.25) is 11.8 Å². The van der Waals surface area contributed by atoms with Gasteiger partial charge in [-0.05, 0) is 30.2 Å². The fourth-order valence-corrected chi connectivity index (χ4v) is 3.93. The summed E-state index contributed by atoms with van der Waals surface area (Å²) in [7, 11) is 2.91. The van der Waals surface area contributed by atoms with E-state index in [0.29, 0.717) is 16.9 Å². The summed E-state index contributed by atoms with van der Waals surface area (Å²) in [5.74, 6) is -1.18. The van der Waals surface area contributed by atoms with E-state index in [9.17, 15) is 27.3 Å². The highest BCUT2D eigenvalue weighted by molar-refractivity contribution is 6.58. The highest BCUT2D eigenvalue weighted by Gasteiger charge is 2.34. The third-order valence-corrected chi connectivity index (χ3v) is 5.57. The van der Waals surface area contributed by atoms with Crippen LogP contribution >= 0.6 is 0 Å². The summed E-state index contributed by atoms with van der Waals surface area (Å²) in [6.07, 6.45) is 0.500. The van der Waals surface area contributed by atoms with Crippen LogP contribution in [0.3, 0.4) is 0 Å². The molecule has 0 saturated carbocycles. The Kier molecular flexibility index (Phi) is 9.29. The SMILES string of the molecule is CC(C)[C@H](C(=O)NCC(=O)Nc1ccc(C(=O)C(C)(C)C)cc1)n1cc(C[N+](C)(C)C[B-](F)(F)F)nn1. The van der Waals surface area contributed by atoms with Gasteiger partial charge in [-0.15, -0.1) is 5.10 Å². The molecule has 1 atom stereocenters. The maximum Gasteiger partial charge on any atom is 0.531 e. The number of nitrogens with zero attached hydrogens (tertiary/aromatic N) is 4. The predicted molar refractivity (Wildman–Crippen MR) is 136 cm³/mol. The van der Waals surface area contributed by atoms with Crippen molar-refractivity contribution in [3.63, 3.8) is 0 Å². The number of hydrogen-bond donors (Lipinski definition) is 2. The number of amides is 2. The van der Waals surface area contributed by atoms with Crippen molar-refractivity contribution in [3.8, 4) is 0 Å². The minimum Gasteiger partial charge on any atom is -0.445 e. The van der Waals surface area contributed by atoms with Crippen LogP contribution in [0.2, 0.25) is 0 Å². The van der Waals surface area contributed by atoms with Crippen molar-refractivity contribution in [2.24, 2.45) is 11.3 Å². The largest absolute Gasteiger partial charge is 0.531 e. The number of Topliss-reactive ketones (excluding diaryl/α,β-unsaturated/α-hetero) is 1. The lowest BCUT2D eigenvalue weighted by molar-refractivity contribution is -0.895. The molecule has 0 saturated heterocycles. The maximum absolute atomic E-state index is 12.9. The minimum absolute atomic E-state index is 0.00373. The lowest BCUT2D eigenvalue weighted by Gasteiger charge is -2.33. The van der Waals surface area contributed by atoms with E-state index in [1.54, 1.807) is 38.1 Å². The number of quaternary nitrogens is 1. The number of benzene rings is 1. The molecule has 2 amide bonds. The van der Waals surface area contributed by atoms with Gasteiger partial charge in [-0.25, -0.2) is 4.68 Å². The van der Waals surface area contributed by atoms with Crippen molar-refractivity contribution < 1.29 is 31.8 Å². The van der Waals surface area contributed by atoms with E-state index in [0.717, 1.165) is 0 Å². The van der Waals surface area contributed by atoms with Gasteiger partial charge >= 0.3 is 6.98 Å². The van der Waals surface area contributed by atoms with Crippen LogP contribution in [-0.4, -0.2) is 71.1 Å². The number of carbonyl (C=O) groups excluding carboxylic acids is 3. The Bertz CT molecular complexity index is 1110. The van der Waals surface area contributed by atoms with Crippen molar-refractivity contribution in [2.75, 3.05) is 32.4 Å². The molecule has 1 aromatic heterocycles. The molecule has 1 heterocycles. The Balaban J connectivity index is 1.98. The van der Waals surface area contributed by atoms with Crippen LogP contribution in [0.5, 0.6) is 0 Å². The van der Waals surface area contributed by atoms with Gasteiger partial charge < -0.3 is 28.1 Å². The number of aromatic nitrogens is 3. The van der Waals surface area contributed by atoms with Crippen molar-refractivity contribution in [3.05, 3.63) is 41.7 Å². The molecular weight excluding hydrogens is 488 g/mol. The fourth-order valence-electron chi connectivity index (χ4n) is 3.93. The highest BCUT2D eigenvalue weighted by Crippen LogP contribution is 2.22. The summed E-state index contributed by atoms with van der Waals surface area (Å²) in [6.45, 7) is 3.78. The van der Waals surface area contributed by atoms with Crippen LogP contribution in [0.25, 0.3) is 0 Å². The first kappa shape index (κ1) is 30.0. The molecule has 204 valence electrons. The summed E-state index contributed by atoms with van der Waals surface area (Å²) in [4.78, 5) is 37.6. The van der Waals surface area contributed by atoms with Gasteiger partial charge in [0.1, 0.15) is 18.3 Å². The molecule has 0 spiro atoms. The molecule has 0 unspecified atom stereocenters. The molecule has 0 fully saturated rings. The Morgan fingerprint density at radius 1 is 1.08 bits per heavy atom. The van der Waals surface area contributed by atoms with Crippen LogP contribution in [0.4, 0.5) is 18.6 Å². The van der Waals surface area contributed by atoms with Gasteiger partial charge in [0.25, 0.3) is 0 Å². The van der Waals surface area contributed by atoms with Gasteiger partial charge in [-0.3, -0.25) is 14.4 Å². The second-order valence-corrected chi connectivity index (χ2v) is 11.3. The summed E-state index contributed by atoms with van der Waals surface area (Å²) in [5.41, 5.74) is 0.820. The smallest absolute Gasteiger partial charge is 0.445 e. The average molecular weight is 524 g/mol. The Labute approximate surface area is 215 Å². The average Bonchev–Trinajstić information content (AvgIpc) is 3.16. The molecule has 1 aromatic carbocycles. The molecule has 2 rings (SSSR count). The van der Waals surface area contributed by atoms with Crippen LogP contribution < -0.4 is 10.6 Å². The second-order valence-electron chi connectivity index (χ2n) is 11.3. The molecule has 0 aliphatic rings. The minimum atomic E-state index is -4.97. The van der Waals surface area contributed by atoms with Gasteiger partial charge in [-0.2, -0.15) is 0 Å². The zero-order valence-electron chi connectivity index (χ0n) is 22.4. The van der Waals surface area contributed by atoms with E-state index in [1.807, 2.05) is 20.8 Å². The Morgan fingerprint density at radius 2 is 1.68 bits per heavy atom. The standard InChI is InChI=1S/C24H36BF3N6O3/c1-16(2)21(33-13-19(31-32-33)14-34(6,7)15-25(26,27)28)23(37)29-12-20(35)30-18-10-8-17(9-11-18)22(36)24(3,4)5/h8-11,13,16,21H,12,14-15H2,1-7H3,(H,29,37)(H,30,35)/t21-/m1/s1. The van der Waals surface area contributed by atoms with Crippen molar-refractivity contribution in [1.82, 2.24) is 20.3 Å².